The molecule has 0 bridgehead atoms. The van der Waals surface area contributed by atoms with Gasteiger partial charge in [-0.15, -0.1) is 0 Å². The molecule has 1 saturated carbocycles. The first-order chi connectivity index (χ1) is 19.8. The predicted octanol–water partition coefficient (Wildman–Crippen LogP) is 3.79. The molecule has 14 nitrogen and oxygen atoms in total. The van der Waals surface area contributed by atoms with Crippen LogP contribution in [0.5, 0.6) is 0 Å². The van der Waals surface area contributed by atoms with E-state index in [-0.39, 0.29) is 43.7 Å². The number of ether oxygens (including phenoxy) is 1. The molecule has 4 aromatic rings. The summed E-state index contributed by atoms with van der Waals surface area (Å²) in [7, 11) is 0. The van der Waals surface area contributed by atoms with E-state index in [4.69, 9.17) is 4.74 Å². The van der Waals surface area contributed by atoms with E-state index in [0.717, 1.165) is 41.3 Å². The number of nitrogens with zero attached hydrogens (tertiary/aromatic N) is 6. The van der Waals surface area contributed by atoms with Crippen molar-refractivity contribution in [3.63, 3.8) is 0 Å². The van der Waals surface area contributed by atoms with Gasteiger partial charge in [0.25, 0.3) is 0 Å². The maximum absolute atomic E-state index is 13.0. The van der Waals surface area contributed by atoms with Gasteiger partial charge in [0, 0.05) is 48.4 Å². The Morgan fingerprint density at radius 2 is 2.07 bits per heavy atom. The lowest BCUT2D eigenvalue weighted by Gasteiger charge is -2.17. The van der Waals surface area contributed by atoms with Crippen LogP contribution in [0.1, 0.15) is 46.2 Å². The second-order valence-electron chi connectivity index (χ2n) is 10.2. The maximum atomic E-state index is 13.0. The van der Waals surface area contributed by atoms with Gasteiger partial charge in [-0.3, -0.25) is 4.79 Å². The first-order valence-electron chi connectivity index (χ1n) is 13.0. The number of aromatic nitrogens is 4. The van der Waals surface area contributed by atoms with Crippen LogP contribution in [-0.4, -0.2) is 47.7 Å². The summed E-state index contributed by atoms with van der Waals surface area (Å²) in [5.41, 5.74) is 3.19. The number of anilines is 1. The second-order valence-corrected chi connectivity index (χ2v) is 10.2. The van der Waals surface area contributed by atoms with Crippen molar-refractivity contribution in [3.05, 3.63) is 84.5 Å². The molecule has 1 atom stereocenters. The zero-order valence-corrected chi connectivity index (χ0v) is 21.9. The summed E-state index contributed by atoms with van der Waals surface area (Å²) in [6.45, 7) is 2.18. The molecule has 2 aliphatic rings. The molecule has 2 N–H and O–H groups in total. The number of hydrogen-bond donors (Lipinski definition) is 2. The number of carboxylic acid groups (broad SMARTS) is 1. The average Bonchev–Trinajstić information content (AvgIpc) is 3.75. The minimum Gasteiger partial charge on any atom is -0.477 e. The fraction of sp³-hybridized carbons (Fsp3) is 0.333. The van der Waals surface area contributed by atoms with Crippen LogP contribution in [0.25, 0.3) is 22.0 Å². The molecule has 1 aliphatic carbocycles. The molecule has 6 rings (SSSR count). The fourth-order valence-electron chi connectivity index (χ4n) is 5.33. The van der Waals surface area contributed by atoms with Crippen LogP contribution in [0.3, 0.4) is 0 Å². The molecular formula is C27H25N7O7. The van der Waals surface area contributed by atoms with E-state index >= 15 is 0 Å². The Labute approximate surface area is 231 Å². The number of imidazole rings is 1. The van der Waals surface area contributed by atoms with Gasteiger partial charge in [-0.25, -0.2) is 19.3 Å². The van der Waals surface area contributed by atoms with Crippen molar-refractivity contribution in [1.29, 1.82) is 0 Å². The molecular weight excluding hydrogens is 534 g/mol. The molecule has 1 aliphatic heterocycles. The summed E-state index contributed by atoms with van der Waals surface area (Å²) in [6, 6.07) is 4.59. The number of rotatable bonds is 9. The quantitative estimate of drug-likeness (QED) is 0.174. The number of aryl methyl sites for hydroxylation is 1. The predicted molar refractivity (Wildman–Crippen MR) is 147 cm³/mol. The van der Waals surface area contributed by atoms with Crippen molar-refractivity contribution in [1.82, 2.24) is 19.1 Å². The molecule has 14 heteroatoms. The van der Waals surface area contributed by atoms with Crippen molar-refractivity contribution in [2.45, 2.75) is 51.6 Å². The van der Waals surface area contributed by atoms with E-state index in [1.165, 1.54) is 10.8 Å². The summed E-state index contributed by atoms with van der Waals surface area (Å²) >= 11 is 0. The molecule has 0 radical (unpaired) electrons. The molecule has 1 unspecified atom stereocenters. The van der Waals surface area contributed by atoms with E-state index in [1.807, 2.05) is 10.6 Å². The zero-order chi connectivity index (χ0) is 28.8. The number of hydrogen-bond acceptors (Lipinski definition) is 10. The van der Waals surface area contributed by atoms with Crippen LogP contribution in [-0.2, 0) is 24.5 Å². The SMILES string of the molecule is Cc1ncc([N+](=O)[O-])n1CC(CNc1cc2c(cn1)-c1ccc3c(=O)c(C(=O)O)cn(C4CC4)c3c1COC2)N=O. The normalized spacial score (nSPS) is 15.0. The molecule has 210 valence electrons. The van der Waals surface area contributed by atoms with Gasteiger partial charge >= 0.3 is 11.8 Å². The lowest BCUT2D eigenvalue weighted by Crippen LogP contribution is -2.24. The fourth-order valence-corrected chi connectivity index (χ4v) is 5.33. The summed E-state index contributed by atoms with van der Waals surface area (Å²) in [4.78, 5) is 55.5. The molecule has 0 amide bonds. The highest BCUT2D eigenvalue weighted by Gasteiger charge is 2.30. The van der Waals surface area contributed by atoms with Crippen molar-refractivity contribution in [2.75, 3.05) is 11.9 Å². The van der Waals surface area contributed by atoms with Crippen molar-refractivity contribution < 1.29 is 19.6 Å². The smallest absolute Gasteiger partial charge is 0.342 e. The first kappa shape index (κ1) is 26.3. The Morgan fingerprint density at radius 3 is 2.78 bits per heavy atom. The molecule has 41 heavy (non-hydrogen) atoms. The summed E-state index contributed by atoms with van der Waals surface area (Å²) in [6.07, 6.45) is 6.09. The van der Waals surface area contributed by atoms with Crippen LogP contribution in [0.4, 0.5) is 11.6 Å². The van der Waals surface area contributed by atoms with E-state index < -0.39 is 22.4 Å². The van der Waals surface area contributed by atoms with Crippen LogP contribution >= 0.6 is 0 Å². The van der Waals surface area contributed by atoms with Gasteiger partial charge in [0.05, 0.1) is 18.7 Å². The van der Waals surface area contributed by atoms with Crippen LogP contribution in [0.2, 0.25) is 0 Å². The van der Waals surface area contributed by atoms with Gasteiger partial charge in [0.15, 0.2) is 5.82 Å². The van der Waals surface area contributed by atoms with Crippen LogP contribution in [0, 0.1) is 21.9 Å². The topological polar surface area (TPSA) is 184 Å². The lowest BCUT2D eigenvalue weighted by atomic mass is 9.95. The van der Waals surface area contributed by atoms with Crippen molar-refractivity contribution in [3.8, 4) is 11.1 Å². The van der Waals surface area contributed by atoms with Gasteiger partial charge < -0.3 is 29.8 Å². The highest BCUT2D eigenvalue weighted by atomic mass is 16.6. The van der Waals surface area contributed by atoms with Gasteiger partial charge in [0.1, 0.15) is 30.2 Å². The molecule has 1 aromatic carbocycles. The Balaban J connectivity index is 1.31. The Bertz CT molecular complexity index is 1790. The van der Waals surface area contributed by atoms with E-state index in [9.17, 15) is 29.7 Å². The molecule has 4 heterocycles. The van der Waals surface area contributed by atoms with E-state index in [2.05, 4.69) is 20.5 Å². The number of carboxylic acids is 1. The van der Waals surface area contributed by atoms with Gasteiger partial charge in [0.2, 0.25) is 5.43 Å². The zero-order valence-electron chi connectivity index (χ0n) is 21.9. The number of nitrogens with one attached hydrogen (secondary N) is 1. The van der Waals surface area contributed by atoms with Gasteiger partial charge in [-0.1, -0.05) is 11.2 Å². The number of benzene rings is 1. The van der Waals surface area contributed by atoms with Gasteiger partial charge in [-0.2, -0.15) is 4.91 Å². The second kappa shape index (κ2) is 10.2. The molecule has 0 saturated heterocycles. The Hall–Kier alpha value is -4.98. The van der Waals surface area contributed by atoms with E-state index in [0.29, 0.717) is 22.5 Å². The largest absolute Gasteiger partial charge is 0.477 e. The molecule has 3 aromatic heterocycles. The van der Waals surface area contributed by atoms with Crippen LogP contribution < -0.4 is 10.7 Å². The summed E-state index contributed by atoms with van der Waals surface area (Å²) in [5, 5.41) is 27.4. The summed E-state index contributed by atoms with van der Waals surface area (Å²) < 4.78 is 9.26. The van der Waals surface area contributed by atoms with Crippen LogP contribution in [0.15, 0.2) is 46.8 Å². The molecule has 0 spiro atoms. The highest BCUT2D eigenvalue weighted by Crippen LogP contribution is 2.41. The average molecular weight is 560 g/mol. The number of pyridine rings is 2. The number of aromatic carboxylic acids is 1. The Morgan fingerprint density at radius 1 is 1.27 bits per heavy atom. The Kier molecular flexibility index (Phi) is 6.53. The highest BCUT2D eigenvalue weighted by molar-refractivity contribution is 5.96. The number of carbonyl (C=O) groups is 1. The third kappa shape index (κ3) is 4.71. The van der Waals surface area contributed by atoms with Crippen molar-refractivity contribution >= 4 is 28.5 Å². The standard InChI is InChI=1S/C27H25N7O7/c1-14-28-9-24(34(39)40)32(14)10-16(31-38)7-29-23-6-15-12-41-13-22-18(20(15)8-30-23)4-5-19-25(22)33(17-2-3-17)11-21(26(19)35)27(36)37/h4-6,8-9,11,16-17H,2-3,7,10,12-13H2,1H3,(H,29,30)(H,36,37). The maximum Gasteiger partial charge on any atom is 0.342 e. The minimum atomic E-state index is -1.25. The third-order valence-electron chi connectivity index (χ3n) is 7.54. The minimum absolute atomic E-state index is 0.0144. The van der Waals surface area contributed by atoms with E-state index in [1.54, 1.807) is 25.3 Å². The summed E-state index contributed by atoms with van der Waals surface area (Å²) in [5.74, 6) is -0.586. The number of fused-ring (bicyclic) bond motifs is 5. The van der Waals surface area contributed by atoms with Gasteiger partial charge in [-0.05, 0) is 41.0 Å². The third-order valence-corrected chi connectivity index (χ3v) is 7.54. The lowest BCUT2D eigenvalue weighted by molar-refractivity contribution is -0.392. The number of nitroso groups, excluding NO2 is 1. The van der Waals surface area contributed by atoms with Crippen molar-refractivity contribution in [2.24, 2.45) is 5.18 Å². The monoisotopic (exact) mass is 559 g/mol. The molecule has 1 fully saturated rings. The first-order valence-corrected chi connectivity index (χ1v) is 13.0. The number of nitro groups is 1.